The maximum absolute atomic E-state index is 12.5. The first kappa shape index (κ1) is 19.9. The van der Waals surface area contributed by atoms with Crippen molar-refractivity contribution in [2.45, 2.75) is 25.3 Å². The fourth-order valence-electron chi connectivity index (χ4n) is 4.16. The lowest BCUT2D eigenvalue weighted by Crippen LogP contribution is -2.58. The number of nitrogens with zero attached hydrogens (tertiary/aromatic N) is 1. The van der Waals surface area contributed by atoms with Gasteiger partial charge < -0.3 is 20.1 Å². The lowest BCUT2D eigenvalue weighted by Gasteiger charge is -2.38. The average molecular weight is 408 g/mol. The van der Waals surface area contributed by atoms with Gasteiger partial charge in [-0.25, -0.2) is 4.79 Å². The van der Waals surface area contributed by atoms with Crippen LogP contribution in [0.15, 0.2) is 48.5 Å². The molecule has 1 heterocycles. The number of carboxylic acids is 1. The van der Waals surface area contributed by atoms with E-state index < -0.39 is 24.0 Å². The Labute approximate surface area is 174 Å². The Hall–Kier alpha value is -3.35. The molecule has 7 nitrogen and oxygen atoms in total. The molecular weight excluding hydrogens is 384 g/mol. The highest BCUT2D eigenvalue weighted by molar-refractivity contribution is 5.88. The Balaban J connectivity index is 1.37. The van der Waals surface area contributed by atoms with Gasteiger partial charge >= 0.3 is 12.1 Å². The van der Waals surface area contributed by atoms with Crippen LogP contribution in [0.25, 0.3) is 11.1 Å². The maximum atomic E-state index is 12.5. The Morgan fingerprint density at radius 3 is 2.17 bits per heavy atom. The number of ether oxygens (including phenoxy) is 1. The number of nitrogens with one attached hydrogen (secondary N) is 1. The molecule has 1 atom stereocenters. The summed E-state index contributed by atoms with van der Waals surface area (Å²) in [6, 6.07) is 15.4. The fraction of sp³-hybridized carbons (Fsp3) is 0.348. The highest BCUT2D eigenvalue weighted by atomic mass is 16.5. The second kappa shape index (κ2) is 8.18. The summed E-state index contributed by atoms with van der Waals surface area (Å²) in [5.74, 6) is -1.76. The number of benzene rings is 2. The number of hydrogen-bond acceptors (Lipinski definition) is 4. The molecular formula is C23H24N2O5. The van der Waals surface area contributed by atoms with Gasteiger partial charge in [-0.3, -0.25) is 9.59 Å². The number of hydrogen-bond donors (Lipinski definition) is 2. The largest absolute Gasteiger partial charge is 0.481 e. The number of likely N-dealkylation sites (tertiary alicyclic amines) is 1. The van der Waals surface area contributed by atoms with E-state index in [0.717, 1.165) is 22.3 Å². The van der Waals surface area contributed by atoms with Gasteiger partial charge in [-0.2, -0.15) is 0 Å². The van der Waals surface area contributed by atoms with E-state index in [2.05, 4.69) is 17.4 Å². The fourth-order valence-corrected chi connectivity index (χ4v) is 4.16. The van der Waals surface area contributed by atoms with Crippen LogP contribution in [-0.4, -0.2) is 53.7 Å². The van der Waals surface area contributed by atoms with Crippen molar-refractivity contribution in [1.82, 2.24) is 10.2 Å². The predicted octanol–water partition coefficient (Wildman–Crippen LogP) is 2.85. The van der Waals surface area contributed by atoms with Gasteiger partial charge in [0, 0.05) is 19.0 Å². The summed E-state index contributed by atoms with van der Waals surface area (Å²) in [7, 11) is 0. The Bertz CT molecular complexity index is 938. The summed E-state index contributed by atoms with van der Waals surface area (Å²) in [4.78, 5) is 37.3. The van der Waals surface area contributed by atoms with Crippen LogP contribution in [0.2, 0.25) is 0 Å². The molecule has 1 fully saturated rings. The minimum Gasteiger partial charge on any atom is -0.481 e. The molecule has 4 rings (SSSR count). The van der Waals surface area contributed by atoms with Crippen molar-refractivity contribution >= 4 is 18.0 Å². The van der Waals surface area contributed by atoms with Crippen molar-refractivity contribution in [3.8, 4) is 11.1 Å². The van der Waals surface area contributed by atoms with Crippen LogP contribution >= 0.6 is 0 Å². The molecule has 1 unspecified atom stereocenters. The standard InChI is InChI=1S/C23H24N2O5/c1-2-20(21(26)25-11-14(12-25)22(27)28)24-23(29)30-13-19-17-9-5-3-7-15(17)16-8-4-6-10-18(16)19/h3-10,14,19-20H,2,11-13H2,1H3,(H,24,29)(H,27,28). The van der Waals surface area contributed by atoms with E-state index in [1.807, 2.05) is 36.4 Å². The molecule has 0 spiro atoms. The minimum atomic E-state index is -0.906. The predicted molar refractivity (Wildman–Crippen MR) is 110 cm³/mol. The monoisotopic (exact) mass is 408 g/mol. The molecule has 1 saturated heterocycles. The highest BCUT2D eigenvalue weighted by Crippen LogP contribution is 2.44. The summed E-state index contributed by atoms with van der Waals surface area (Å²) in [6.45, 7) is 2.32. The van der Waals surface area contributed by atoms with Crippen molar-refractivity contribution in [2.75, 3.05) is 19.7 Å². The van der Waals surface area contributed by atoms with E-state index in [-0.39, 0.29) is 31.5 Å². The van der Waals surface area contributed by atoms with Crippen molar-refractivity contribution < 1.29 is 24.2 Å². The van der Waals surface area contributed by atoms with Gasteiger partial charge in [0.05, 0.1) is 5.92 Å². The Kier molecular flexibility index (Phi) is 5.44. The lowest BCUT2D eigenvalue weighted by molar-refractivity contribution is -0.153. The first-order valence-electron chi connectivity index (χ1n) is 10.1. The SMILES string of the molecule is CCC(NC(=O)OCC1c2ccccc2-c2ccccc21)C(=O)N1CC(C(=O)O)C1. The normalized spacial score (nSPS) is 16.2. The summed E-state index contributed by atoms with van der Waals surface area (Å²) < 4.78 is 5.50. The molecule has 0 saturated carbocycles. The van der Waals surface area contributed by atoms with E-state index in [0.29, 0.717) is 6.42 Å². The van der Waals surface area contributed by atoms with E-state index >= 15 is 0 Å². The Morgan fingerprint density at radius 2 is 1.63 bits per heavy atom. The van der Waals surface area contributed by atoms with Gasteiger partial charge in [-0.05, 0) is 28.7 Å². The zero-order valence-corrected chi connectivity index (χ0v) is 16.7. The van der Waals surface area contributed by atoms with Gasteiger partial charge in [-0.15, -0.1) is 0 Å². The molecule has 0 bridgehead atoms. The highest BCUT2D eigenvalue weighted by Gasteiger charge is 2.38. The number of carbonyl (C=O) groups excluding carboxylic acids is 2. The average Bonchev–Trinajstić information content (AvgIpc) is 3.03. The molecule has 2 N–H and O–H groups in total. The molecule has 1 aliphatic heterocycles. The smallest absolute Gasteiger partial charge is 0.407 e. The van der Waals surface area contributed by atoms with Crippen LogP contribution in [0, 0.1) is 5.92 Å². The third kappa shape index (κ3) is 3.63. The number of carboxylic acid groups (broad SMARTS) is 1. The number of amides is 2. The molecule has 1 aliphatic carbocycles. The summed E-state index contributed by atoms with van der Waals surface area (Å²) >= 11 is 0. The van der Waals surface area contributed by atoms with Gasteiger partial charge in [0.1, 0.15) is 12.6 Å². The van der Waals surface area contributed by atoms with Gasteiger partial charge in [0.2, 0.25) is 5.91 Å². The van der Waals surface area contributed by atoms with Gasteiger partial charge in [-0.1, -0.05) is 55.5 Å². The van der Waals surface area contributed by atoms with E-state index in [4.69, 9.17) is 9.84 Å². The van der Waals surface area contributed by atoms with Crippen LogP contribution in [0.3, 0.4) is 0 Å². The van der Waals surface area contributed by atoms with Crippen molar-refractivity contribution in [3.05, 3.63) is 59.7 Å². The second-order valence-corrected chi connectivity index (χ2v) is 7.71. The number of carbonyl (C=O) groups is 3. The number of aliphatic carboxylic acids is 1. The zero-order chi connectivity index (χ0) is 21.3. The first-order chi connectivity index (χ1) is 14.5. The molecule has 2 amide bonds. The van der Waals surface area contributed by atoms with Gasteiger partial charge in [0.15, 0.2) is 0 Å². The van der Waals surface area contributed by atoms with Crippen LogP contribution in [0.5, 0.6) is 0 Å². The van der Waals surface area contributed by atoms with E-state index in [1.165, 1.54) is 4.90 Å². The molecule has 2 aliphatic rings. The molecule has 7 heteroatoms. The topological polar surface area (TPSA) is 95.9 Å². The van der Waals surface area contributed by atoms with Crippen molar-refractivity contribution in [1.29, 1.82) is 0 Å². The molecule has 2 aromatic carbocycles. The number of rotatable bonds is 6. The number of fused-ring (bicyclic) bond motifs is 3. The summed E-state index contributed by atoms with van der Waals surface area (Å²) in [5.41, 5.74) is 4.54. The van der Waals surface area contributed by atoms with Crippen LogP contribution in [0.1, 0.15) is 30.4 Å². The zero-order valence-electron chi connectivity index (χ0n) is 16.7. The third-order valence-electron chi connectivity index (χ3n) is 5.88. The summed E-state index contributed by atoms with van der Waals surface area (Å²) in [5, 5.41) is 11.6. The maximum Gasteiger partial charge on any atom is 0.407 e. The van der Waals surface area contributed by atoms with Crippen LogP contribution < -0.4 is 5.32 Å². The first-order valence-corrected chi connectivity index (χ1v) is 10.1. The van der Waals surface area contributed by atoms with E-state index in [1.54, 1.807) is 6.92 Å². The quantitative estimate of drug-likeness (QED) is 0.766. The third-order valence-corrected chi connectivity index (χ3v) is 5.88. The minimum absolute atomic E-state index is 0.0503. The molecule has 156 valence electrons. The second-order valence-electron chi connectivity index (χ2n) is 7.71. The number of alkyl carbamates (subject to hydrolysis) is 1. The lowest BCUT2D eigenvalue weighted by atomic mass is 9.98. The Morgan fingerprint density at radius 1 is 1.07 bits per heavy atom. The summed E-state index contributed by atoms with van der Waals surface area (Å²) in [6.07, 6.45) is -0.246. The van der Waals surface area contributed by atoms with E-state index in [9.17, 15) is 14.4 Å². The molecule has 2 aromatic rings. The molecule has 0 radical (unpaired) electrons. The van der Waals surface area contributed by atoms with Crippen molar-refractivity contribution in [3.63, 3.8) is 0 Å². The van der Waals surface area contributed by atoms with Gasteiger partial charge in [0.25, 0.3) is 0 Å². The van der Waals surface area contributed by atoms with Crippen LogP contribution in [0.4, 0.5) is 4.79 Å². The molecule has 30 heavy (non-hydrogen) atoms. The van der Waals surface area contributed by atoms with Crippen molar-refractivity contribution in [2.24, 2.45) is 5.92 Å². The van der Waals surface area contributed by atoms with Crippen LogP contribution in [-0.2, 0) is 14.3 Å². The molecule has 0 aromatic heterocycles.